The lowest BCUT2D eigenvalue weighted by molar-refractivity contribution is -0.140. The summed E-state index contributed by atoms with van der Waals surface area (Å²) < 4.78 is 22.3. The van der Waals surface area contributed by atoms with Crippen molar-refractivity contribution in [3.05, 3.63) is 59.2 Å². The Morgan fingerprint density at radius 2 is 1.74 bits per heavy atom. The lowest BCUT2D eigenvalue weighted by atomic mass is 9.94. The molecule has 0 bridgehead atoms. The highest BCUT2D eigenvalue weighted by atomic mass is 16.5. The molecule has 2 aromatic carbocycles. The van der Waals surface area contributed by atoms with Crippen molar-refractivity contribution in [2.24, 2.45) is 0 Å². The first-order valence-electron chi connectivity index (χ1n) is 12.9. The maximum absolute atomic E-state index is 13.4. The average molecular weight is 525 g/mol. The zero-order valence-electron chi connectivity index (χ0n) is 22.4. The topological polar surface area (TPSA) is 97.8 Å². The van der Waals surface area contributed by atoms with Crippen molar-refractivity contribution >= 4 is 17.4 Å². The molecule has 9 heteroatoms. The van der Waals surface area contributed by atoms with Gasteiger partial charge in [-0.05, 0) is 50.6 Å². The summed E-state index contributed by atoms with van der Waals surface area (Å²) in [5.74, 6) is -0.101. The Kier molecular flexibility index (Phi) is 8.91. The van der Waals surface area contributed by atoms with Crippen molar-refractivity contribution in [2.45, 2.75) is 32.4 Å². The van der Waals surface area contributed by atoms with E-state index in [1.54, 1.807) is 42.5 Å². The largest absolute Gasteiger partial charge is 0.507 e. The van der Waals surface area contributed by atoms with Crippen molar-refractivity contribution in [3.8, 4) is 17.2 Å². The highest BCUT2D eigenvalue weighted by Gasteiger charge is 2.47. The van der Waals surface area contributed by atoms with Gasteiger partial charge in [0.25, 0.3) is 11.7 Å². The number of para-hydroxylation sites is 1. The molecule has 4 rings (SSSR count). The minimum atomic E-state index is -0.837. The second-order valence-corrected chi connectivity index (χ2v) is 9.57. The van der Waals surface area contributed by atoms with Gasteiger partial charge in [0.15, 0.2) is 11.5 Å². The van der Waals surface area contributed by atoms with Crippen LogP contribution in [0.25, 0.3) is 5.76 Å². The van der Waals surface area contributed by atoms with Gasteiger partial charge in [-0.15, -0.1) is 0 Å². The van der Waals surface area contributed by atoms with Gasteiger partial charge in [-0.3, -0.25) is 14.5 Å². The summed E-state index contributed by atoms with van der Waals surface area (Å²) in [7, 11) is 3.04. The van der Waals surface area contributed by atoms with Crippen LogP contribution in [-0.4, -0.2) is 86.3 Å². The summed E-state index contributed by atoms with van der Waals surface area (Å²) in [5.41, 5.74) is 1.00. The normalized spacial score (nSPS) is 19.7. The molecule has 2 fully saturated rings. The van der Waals surface area contributed by atoms with Gasteiger partial charge in [-0.2, -0.15) is 0 Å². The molecule has 1 atom stereocenters. The number of aliphatic hydroxyl groups excluding tert-OH is 1. The molecule has 9 nitrogen and oxygen atoms in total. The van der Waals surface area contributed by atoms with Crippen LogP contribution in [0, 0.1) is 0 Å². The van der Waals surface area contributed by atoms with Crippen molar-refractivity contribution in [2.75, 3.05) is 53.6 Å². The number of amides is 1. The molecule has 0 aromatic heterocycles. The monoisotopic (exact) mass is 524 g/mol. The van der Waals surface area contributed by atoms with Gasteiger partial charge in [0.05, 0.1) is 45.2 Å². The fourth-order valence-electron chi connectivity index (χ4n) is 4.97. The van der Waals surface area contributed by atoms with E-state index in [4.69, 9.17) is 18.9 Å². The molecule has 0 radical (unpaired) electrons. The number of benzene rings is 2. The molecule has 204 valence electrons. The molecule has 38 heavy (non-hydrogen) atoms. The van der Waals surface area contributed by atoms with Crippen LogP contribution in [0.5, 0.6) is 17.2 Å². The molecule has 1 unspecified atom stereocenters. The van der Waals surface area contributed by atoms with Gasteiger partial charge < -0.3 is 29.0 Å². The summed E-state index contributed by atoms with van der Waals surface area (Å²) in [6.07, 6.45) is 0.662. The van der Waals surface area contributed by atoms with E-state index >= 15 is 0 Å². The Hall–Kier alpha value is -3.56. The van der Waals surface area contributed by atoms with Crippen molar-refractivity contribution in [1.29, 1.82) is 0 Å². The first-order chi connectivity index (χ1) is 18.3. The molecular formula is C29H36N2O7. The highest BCUT2D eigenvalue weighted by molar-refractivity contribution is 6.46. The zero-order chi connectivity index (χ0) is 27.2. The van der Waals surface area contributed by atoms with Crippen LogP contribution in [-0.2, 0) is 14.3 Å². The SMILES string of the molecule is COc1cccc(C2/C(=C(\O)c3ccc(OC(C)C)cc3)C(=O)C(=O)N2CCCN2CCOCC2)c1OC. The minimum Gasteiger partial charge on any atom is -0.507 e. The van der Waals surface area contributed by atoms with Crippen LogP contribution in [0.3, 0.4) is 0 Å². The van der Waals surface area contributed by atoms with Crippen molar-refractivity contribution < 1.29 is 33.6 Å². The number of aliphatic hydroxyl groups is 1. The smallest absolute Gasteiger partial charge is 0.295 e. The van der Waals surface area contributed by atoms with Crippen molar-refractivity contribution in [1.82, 2.24) is 9.80 Å². The number of morpholine rings is 1. The Morgan fingerprint density at radius 1 is 1.03 bits per heavy atom. The Balaban J connectivity index is 1.73. The van der Waals surface area contributed by atoms with E-state index in [2.05, 4.69) is 4.90 Å². The number of ketones is 1. The number of methoxy groups -OCH3 is 2. The van der Waals surface area contributed by atoms with E-state index in [1.807, 2.05) is 13.8 Å². The summed E-state index contributed by atoms with van der Waals surface area (Å²) in [6.45, 7) is 8.01. The van der Waals surface area contributed by atoms with E-state index in [1.165, 1.54) is 19.1 Å². The van der Waals surface area contributed by atoms with Crippen LogP contribution in [0.15, 0.2) is 48.0 Å². The van der Waals surface area contributed by atoms with Crippen LogP contribution in [0.4, 0.5) is 0 Å². The zero-order valence-corrected chi connectivity index (χ0v) is 22.4. The molecule has 1 amide bonds. The first-order valence-corrected chi connectivity index (χ1v) is 12.9. The number of rotatable bonds is 10. The molecule has 2 aromatic rings. The molecule has 2 aliphatic heterocycles. The fraction of sp³-hybridized carbons (Fsp3) is 0.448. The quantitative estimate of drug-likeness (QED) is 0.286. The maximum Gasteiger partial charge on any atom is 0.295 e. The lowest BCUT2D eigenvalue weighted by Gasteiger charge is -2.30. The third-order valence-corrected chi connectivity index (χ3v) is 6.74. The number of nitrogens with zero attached hydrogens (tertiary/aromatic N) is 2. The number of hydrogen-bond donors (Lipinski definition) is 1. The molecule has 0 saturated carbocycles. The Bertz CT molecular complexity index is 1170. The predicted octanol–water partition coefficient (Wildman–Crippen LogP) is 3.64. The molecule has 1 N–H and O–H groups in total. The standard InChI is InChI=1S/C29H36N2O7/c1-19(2)38-21-11-9-20(10-12-21)26(32)24-25(22-7-5-8-23(35-3)28(22)36-4)31(29(34)27(24)33)14-6-13-30-15-17-37-18-16-30/h5,7-12,19,25,32H,6,13-18H2,1-4H3/b26-24+. The number of ether oxygens (including phenoxy) is 4. The van der Waals surface area contributed by atoms with Gasteiger partial charge >= 0.3 is 0 Å². The van der Waals surface area contributed by atoms with Crippen LogP contribution in [0.2, 0.25) is 0 Å². The predicted molar refractivity (Wildman–Crippen MR) is 143 cm³/mol. The van der Waals surface area contributed by atoms with Gasteiger partial charge in [0.1, 0.15) is 11.5 Å². The summed E-state index contributed by atoms with van der Waals surface area (Å²) in [6, 6.07) is 11.3. The van der Waals surface area contributed by atoms with E-state index < -0.39 is 17.7 Å². The lowest BCUT2D eigenvalue weighted by Crippen LogP contribution is -2.39. The van der Waals surface area contributed by atoms with Crippen molar-refractivity contribution in [3.63, 3.8) is 0 Å². The second kappa shape index (κ2) is 12.3. The van der Waals surface area contributed by atoms with Gasteiger partial charge in [-0.25, -0.2) is 0 Å². The number of Topliss-reactive ketones (excluding diaryl/α,β-unsaturated/α-hetero) is 1. The van der Waals surface area contributed by atoms with Crippen LogP contribution >= 0.6 is 0 Å². The van der Waals surface area contributed by atoms with Gasteiger partial charge in [0.2, 0.25) is 0 Å². The molecule has 2 aliphatic rings. The first kappa shape index (κ1) is 27.5. The second-order valence-electron chi connectivity index (χ2n) is 9.57. The van der Waals surface area contributed by atoms with Gasteiger partial charge in [-0.1, -0.05) is 12.1 Å². The summed E-state index contributed by atoms with van der Waals surface area (Å²) >= 11 is 0. The maximum atomic E-state index is 13.4. The third kappa shape index (κ3) is 5.79. The van der Waals surface area contributed by atoms with E-state index in [-0.39, 0.29) is 17.4 Å². The fourth-order valence-corrected chi connectivity index (χ4v) is 4.97. The molecular weight excluding hydrogens is 488 g/mol. The van der Waals surface area contributed by atoms with Crippen LogP contribution < -0.4 is 14.2 Å². The third-order valence-electron chi connectivity index (χ3n) is 6.74. The number of carbonyl (C=O) groups excluding carboxylic acids is 2. The molecule has 2 saturated heterocycles. The number of likely N-dealkylation sites (tertiary alicyclic amines) is 1. The van der Waals surface area contributed by atoms with E-state index in [9.17, 15) is 14.7 Å². The summed E-state index contributed by atoms with van der Waals surface area (Å²) in [5, 5.41) is 11.4. The highest BCUT2D eigenvalue weighted by Crippen LogP contribution is 2.45. The minimum absolute atomic E-state index is 0.00207. The average Bonchev–Trinajstić information content (AvgIpc) is 3.17. The van der Waals surface area contributed by atoms with Crippen LogP contribution in [0.1, 0.15) is 37.4 Å². The van der Waals surface area contributed by atoms with E-state index in [0.717, 1.165) is 19.6 Å². The molecule has 2 heterocycles. The van der Waals surface area contributed by atoms with E-state index in [0.29, 0.717) is 54.6 Å². The Labute approximate surface area is 223 Å². The molecule has 0 aliphatic carbocycles. The van der Waals surface area contributed by atoms with Gasteiger partial charge in [0, 0.05) is 37.3 Å². The Morgan fingerprint density at radius 3 is 2.37 bits per heavy atom. The number of carbonyl (C=O) groups is 2. The molecule has 0 spiro atoms. The number of hydrogen-bond acceptors (Lipinski definition) is 8. The summed E-state index contributed by atoms with van der Waals surface area (Å²) in [4.78, 5) is 30.6.